The number of halogens is 1. The highest BCUT2D eigenvalue weighted by Gasteiger charge is 2.36. The average molecular weight is 414 g/mol. The summed E-state index contributed by atoms with van der Waals surface area (Å²) in [4.78, 5) is 18.8. The van der Waals surface area contributed by atoms with Gasteiger partial charge in [0.15, 0.2) is 0 Å². The second-order valence-corrected chi connectivity index (χ2v) is 7.07. The lowest BCUT2D eigenvalue weighted by atomic mass is 10.1. The van der Waals surface area contributed by atoms with E-state index in [2.05, 4.69) is 10.1 Å². The number of anilines is 1. The van der Waals surface area contributed by atoms with Gasteiger partial charge in [0.2, 0.25) is 17.6 Å². The van der Waals surface area contributed by atoms with Crippen LogP contribution in [0.5, 0.6) is 11.5 Å². The van der Waals surface area contributed by atoms with E-state index in [1.165, 1.54) is 0 Å². The lowest BCUT2D eigenvalue weighted by molar-refractivity contribution is -0.117. The Bertz CT molecular complexity index is 1020. The molecule has 1 atom stereocenters. The zero-order valence-electron chi connectivity index (χ0n) is 16.1. The summed E-state index contributed by atoms with van der Waals surface area (Å²) in [7, 11) is 1.56. The van der Waals surface area contributed by atoms with Crippen LogP contribution in [-0.2, 0) is 4.79 Å². The molecule has 1 fully saturated rings. The summed E-state index contributed by atoms with van der Waals surface area (Å²) in [5.74, 6) is 2.04. The van der Waals surface area contributed by atoms with Gasteiger partial charge >= 0.3 is 0 Å². The molecule has 1 amide bonds. The monoisotopic (exact) mass is 413 g/mol. The summed E-state index contributed by atoms with van der Waals surface area (Å²) in [6.07, 6.45) is 0.278. The van der Waals surface area contributed by atoms with E-state index in [1.807, 2.05) is 31.2 Å². The zero-order valence-corrected chi connectivity index (χ0v) is 16.8. The highest BCUT2D eigenvalue weighted by molar-refractivity contribution is 6.31. The van der Waals surface area contributed by atoms with Crippen molar-refractivity contribution < 1.29 is 18.8 Å². The number of hydrogen-bond acceptors (Lipinski definition) is 6. The van der Waals surface area contributed by atoms with Gasteiger partial charge in [-0.1, -0.05) is 16.8 Å². The van der Waals surface area contributed by atoms with Crippen LogP contribution in [-0.4, -0.2) is 36.3 Å². The van der Waals surface area contributed by atoms with E-state index in [9.17, 15) is 4.79 Å². The van der Waals surface area contributed by atoms with Crippen molar-refractivity contribution in [2.45, 2.75) is 19.3 Å². The highest BCUT2D eigenvalue weighted by atomic mass is 35.5. The Balaban J connectivity index is 1.54. The van der Waals surface area contributed by atoms with Gasteiger partial charge in [0.05, 0.1) is 25.3 Å². The third kappa shape index (κ3) is 3.91. The molecule has 7 nitrogen and oxygen atoms in total. The van der Waals surface area contributed by atoms with Crippen molar-refractivity contribution in [1.82, 2.24) is 10.1 Å². The number of aromatic nitrogens is 2. The third-order valence-electron chi connectivity index (χ3n) is 4.77. The molecule has 1 aromatic heterocycles. The number of methoxy groups -OCH3 is 1. The zero-order chi connectivity index (χ0) is 20.4. The number of amides is 1. The largest absolute Gasteiger partial charge is 0.495 e. The van der Waals surface area contributed by atoms with E-state index in [4.69, 9.17) is 25.6 Å². The average Bonchev–Trinajstić information content (AvgIpc) is 3.36. The first-order chi connectivity index (χ1) is 14.1. The molecule has 0 radical (unpaired) electrons. The van der Waals surface area contributed by atoms with Crippen LogP contribution in [0.15, 0.2) is 47.0 Å². The van der Waals surface area contributed by atoms with Crippen molar-refractivity contribution >= 4 is 23.2 Å². The molecule has 4 rings (SSSR count). The van der Waals surface area contributed by atoms with Gasteiger partial charge in [-0.3, -0.25) is 4.79 Å². The van der Waals surface area contributed by atoms with Gasteiger partial charge in [-0.15, -0.1) is 0 Å². The van der Waals surface area contributed by atoms with Crippen LogP contribution in [0.2, 0.25) is 5.02 Å². The van der Waals surface area contributed by atoms with Gasteiger partial charge in [-0.2, -0.15) is 4.98 Å². The van der Waals surface area contributed by atoms with Gasteiger partial charge in [-0.25, -0.2) is 0 Å². The molecule has 1 saturated heterocycles. The predicted molar refractivity (Wildman–Crippen MR) is 109 cm³/mol. The van der Waals surface area contributed by atoms with E-state index < -0.39 is 0 Å². The summed E-state index contributed by atoms with van der Waals surface area (Å²) in [6, 6.07) is 12.7. The standard InChI is InChI=1S/C21H20ClN3O4/c1-3-28-16-7-4-13(5-8-16)20-23-21(29-24-20)14-10-19(26)25(12-14)17-11-15(22)6-9-18(17)27-2/h4-9,11,14H,3,10,12H2,1-2H3. The second-order valence-electron chi connectivity index (χ2n) is 6.64. The second kappa shape index (κ2) is 8.13. The molecule has 1 aliphatic rings. The number of carbonyl (C=O) groups is 1. The topological polar surface area (TPSA) is 77.7 Å². The van der Waals surface area contributed by atoms with Crippen molar-refractivity contribution in [3.8, 4) is 22.9 Å². The Labute approximate surface area is 173 Å². The van der Waals surface area contributed by atoms with Crippen LogP contribution in [0, 0.1) is 0 Å². The minimum absolute atomic E-state index is 0.0450. The Kier molecular flexibility index (Phi) is 5.40. The van der Waals surface area contributed by atoms with Crippen molar-refractivity contribution in [1.29, 1.82) is 0 Å². The lowest BCUT2D eigenvalue weighted by Gasteiger charge is -2.19. The number of nitrogens with zero attached hydrogens (tertiary/aromatic N) is 3. The Morgan fingerprint density at radius 2 is 2.03 bits per heavy atom. The van der Waals surface area contributed by atoms with Crippen LogP contribution in [0.1, 0.15) is 25.2 Å². The number of benzene rings is 2. The van der Waals surface area contributed by atoms with Gasteiger partial charge in [0.25, 0.3) is 0 Å². The fraction of sp³-hybridized carbons (Fsp3) is 0.286. The molecule has 0 spiro atoms. The van der Waals surface area contributed by atoms with E-state index in [0.29, 0.717) is 41.3 Å². The molecule has 8 heteroatoms. The van der Waals surface area contributed by atoms with Crippen molar-refractivity contribution in [2.75, 3.05) is 25.2 Å². The Morgan fingerprint density at radius 3 is 2.76 bits per heavy atom. The molecule has 3 aromatic rings. The van der Waals surface area contributed by atoms with Crippen molar-refractivity contribution in [3.05, 3.63) is 53.4 Å². The molecule has 29 heavy (non-hydrogen) atoms. The van der Waals surface area contributed by atoms with Gasteiger partial charge in [-0.05, 0) is 49.4 Å². The number of rotatable bonds is 6. The molecular formula is C21H20ClN3O4. The maximum Gasteiger partial charge on any atom is 0.232 e. The Morgan fingerprint density at radius 1 is 1.24 bits per heavy atom. The first kappa shape index (κ1) is 19.3. The van der Waals surface area contributed by atoms with Gasteiger partial charge < -0.3 is 18.9 Å². The molecule has 1 aliphatic heterocycles. The molecule has 0 saturated carbocycles. The summed E-state index contributed by atoms with van der Waals surface area (Å²) >= 11 is 6.11. The Hall–Kier alpha value is -3.06. The minimum Gasteiger partial charge on any atom is -0.495 e. The predicted octanol–water partition coefficient (Wildman–Crippen LogP) is 4.32. The van der Waals surface area contributed by atoms with Crippen molar-refractivity contribution in [2.24, 2.45) is 0 Å². The summed E-state index contributed by atoms with van der Waals surface area (Å²) in [6.45, 7) is 2.96. The lowest BCUT2D eigenvalue weighted by Crippen LogP contribution is -2.24. The van der Waals surface area contributed by atoms with Crippen LogP contribution in [0.3, 0.4) is 0 Å². The highest BCUT2D eigenvalue weighted by Crippen LogP contribution is 2.38. The molecule has 1 unspecified atom stereocenters. The maximum absolute atomic E-state index is 12.6. The quantitative estimate of drug-likeness (QED) is 0.599. The van der Waals surface area contributed by atoms with Crippen molar-refractivity contribution in [3.63, 3.8) is 0 Å². The van der Waals surface area contributed by atoms with Gasteiger partial charge in [0.1, 0.15) is 11.5 Å². The molecule has 150 valence electrons. The molecule has 0 aliphatic carbocycles. The van der Waals surface area contributed by atoms with Crippen LogP contribution in [0.25, 0.3) is 11.4 Å². The van der Waals surface area contributed by atoms with Gasteiger partial charge in [0, 0.05) is 23.6 Å². The van der Waals surface area contributed by atoms with Crippen LogP contribution in [0.4, 0.5) is 5.69 Å². The minimum atomic E-state index is -0.199. The maximum atomic E-state index is 12.6. The fourth-order valence-corrected chi connectivity index (χ4v) is 3.53. The molecule has 0 bridgehead atoms. The fourth-order valence-electron chi connectivity index (χ4n) is 3.37. The first-order valence-corrected chi connectivity index (χ1v) is 9.67. The van der Waals surface area contributed by atoms with Crippen LogP contribution >= 0.6 is 11.6 Å². The van der Waals surface area contributed by atoms with E-state index in [1.54, 1.807) is 30.2 Å². The molecule has 2 heterocycles. The van der Waals surface area contributed by atoms with E-state index in [0.717, 1.165) is 11.3 Å². The van der Waals surface area contributed by atoms with Crippen LogP contribution < -0.4 is 14.4 Å². The molecular weight excluding hydrogens is 394 g/mol. The summed E-state index contributed by atoms with van der Waals surface area (Å²) in [5.41, 5.74) is 1.46. The molecule has 0 N–H and O–H groups in total. The summed E-state index contributed by atoms with van der Waals surface area (Å²) in [5, 5.41) is 4.61. The summed E-state index contributed by atoms with van der Waals surface area (Å²) < 4.78 is 16.3. The smallest absolute Gasteiger partial charge is 0.232 e. The third-order valence-corrected chi connectivity index (χ3v) is 5.01. The normalized spacial score (nSPS) is 16.3. The number of hydrogen-bond donors (Lipinski definition) is 0. The number of ether oxygens (including phenoxy) is 2. The number of carbonyl (C=O) groups excluding carboxylic acids is 1. The van der Waals surface area contributed by atoms with E-state index in [-0.39, 0.29) is 18.2 Å². The SMILES string of the molecule is CCOc1ccc(-c2noc(C3CC(=O)N(c4cc(Cl)ccc4OC)C3)n2)cc1. The first-order valence-electron chi connectivity index (χ1n) is 9.29. The molecule has 2 aromatic carbocycles. The van der Waals surface area contributed by atoms with E-state index >= 15 is 0 Å².